The number of rotatable bonds is 3. The number of hydrogen-bond donors (Lipinski definition) is 2. The molecule has 1 heterocycles. The molecule has 1 aliphatic heterocycles. The fourth-order valence-electron chi connectivity index (χ4n) is 2.74. The molecule has 0 radical (unpaired) electrons. The fourth-order valence-corrected chi connectivity index (χ4v) is 3.23. The summed E-state index contributed by atoms with van der Waals surface area (Å²) in [5.41, 5.74) is 0.425. The zero-order chi connectivity index (χ0) is 15.7. The van der Waals surface area contributed by atoms with Gasteiger partial charge in [0, 0.05) is 3.57 Å². The van der Waals surface area contributed by atoms with Gasteiger partial charge in [0.15, 0.2) is 0 Å². The SMILES string of the molecule is CC1OC(C)C(C(=O)Nc2ccc(I)cc2C(=O)O)C1C. The predicted molar refractivity (Wildman–Crippen MR) is 87.4 cm³/mol. The zero-order valence-corrected chi connectivity index (χ0v) is 14.2. The highest BCUT2D eigenvalue weighted by Crippen LogP contribution is 2.33. The van der Waals surface area contributed by atoms with E-state index in [-0.39, 0.29) is 35.5 Å². The van der Waals surface area contributed by atoms with Crippen LogP contribution in [-0.2, 0) is 9.53 Å². The second kappa shape index (κ2) is 6.31. The monoisotopic (exact) mass is 403 g/mol. The summed E-state index contributed by atoms with van der Waals surface area (Å²) in [6.07, 6.45) is -0.154. The molecule has 0 aliphatic carbocycles. The van der Waals surface area contributed by atoms with Crippen molar-refractivity contribution in [1.82, 2.24) is 0 Å². The van der Waals surface area contributed by atoms with Crippen LogP contribution in [0.1, 0.15) is 31.1 Å². The van der Waals surface area contributed by atoms with Crippen molar-refractivity contribution in [3.8, 4) is 0 Å². The summed E-state index contributed by atoms with van der Waals surface area (Å²) >= 11 is 2.04. The van der Waals surface area contributed by atoms with Crippen molar-refractivity contribution in [2.45, 2.75) is 33.0 Å². The molecule has 5 nitrogen and oxygen atoms in total. The average Bonchev–Trinajstić information content (AvgIpc) is 2.65. The first-order valence-electron chi connectivity index (χ1n) is 6.80. The lowest BCUT2D eigenvalue weighted by molar-refractivity contribution is -0.121. The van der Waals surface area contributed by atoms with E-state index in [1.165, 1.54) is 0 Å². The highest BCUT2D eigenvalue weighted by molar-refractivity contribution is 14.1. The summed E-state index contributed by atoms with van der Waals surface area (Å²) in [6.45, 7) is 5.79. The molecule has 4 unspecified atom stereocenters. The zero-order valence-electron chi connectivity index (χ0n) is 12.1. The van der Waals surface area contributed by atoms with E-state index in [1.807, 2.05) is 43.4 Å². The lowest BCUT2D eigenvalue weighted by Gasteiger charge is -2.18. The Morgan fingerprint density at radius 3 is 2.43 bits per heavy atom. The normalized spacial score (nSPS) is 28.4. The molecule has 2 N–H and O–H groups in total. The number of anilines is 1. The minimum absolute atomic E-state index is 0.0198. The first-order chi connectivity index (χ1) is 9.81. The summed E-state index contributed by atoms with van der Waals surface area (Å²) in [4.78, 5) is 23.7. The summed E-state index contributed by atoms with van der Waals surface area (Å²) in [5.74, 6) is -1.43. The van der Waals surface area contributed by atoms with Gasteiger partial charge in [-0.3, -0.25) is 4.79 Å². The number of ether oxygens (including phenoxy) is 1. The number of benzene rings is 1. The van der Waals surface area contributed by atoms with Gasteiger partial charge in [-0.2, -0.15) is 0 Å². The molecule has 6 heteroatoms. The van der Waals surface area contributed by atoms with Crippen molar-refractivity contribution in [2.75, 3.05) is 5.32 Å². The molecule has 1 saturated heterocycles. The Morgan fingerprint density at radius 2 is 1.90 bits per heavy atom. The van der Waals surface area contributed by atoms with Crippen LogP contribution < -0.4 is 5.32 Å². The molecule has 2 rings (SSSR count). The summed E-state index contributed by atoms with van der Waals surface area (Å²) < 4.78 is 6.47. The second-order valence-corrected chi connectivity index (χ2v) is 6.66. The van der Waals surface area contributed by atoms with Crippen molar-refractivity contribution in [3.63, 3.8) is 0 Å². The lowest BCUT2D eigenvalue weighted by Crippen LogP contribution is -2.32. The number of carbonyl (C=O) groups excluding carboxylic acids is 1. The van der Waals surface area contributed by atoms with Crippen LogP contribution in [0, 0.1) is 15.4 Å². The summed E-state index contributed by atoms with van der Waals surface area (Å²) in [6, 6.07) is 4.93. The van der Waals surface area contributed by atoms with Gasteiger partial charge in [-0.15, -0.1) is 0 Å². The van der Waals surface area contributed by atoms with E-state index in [0.717, 1.165) is 3.57 Å². The molecule has 114 valence electrons. The van der Waals surface area contributed by atoms with Gasteiger partial charge in [0.1, 0.15) is 0 Å². The molecule has 1 aromatic carbocycles. The van der Waals surface area contributed by atoms with Gasteiger partial charge >= 0.3 is 5.97 Å². The summed E-state index contributed by atoms with van der Waals surface area (Å²) in [7, 11) is 0. The maximum atomic E-state index is 12.5. The first kappa shape index (κ1) is 16.2. The van der Waals surface area contributed by atoms with E-state index in [4.69, 9.17) is 4.74 Å². The number of hydrogen-bond acceptors (Lipinski definition) is 3. The van der Waals surface area contributed by atoms with Crippen LogP contribution in [0.25, 0.3) is 0 Å². The molecule has 0 aromatic heterocycles. The molecule has 0 spiro atoms. The topological polar surface area (TPSA) is 75.6 Å². The molecular formula is C15H18INO4. The average molecular weight is 403 g/mol. The number of nitrogens with one attached hydrogen (secondary N) is 1. The third-order valence-corrected chi connectivity index (χ3v) is 4.69. The number of aromatic carboxylic acids is 1. The van der Waals surface area contributed by atoms with Crippen LogP contribution in [0.3, 0.4) is 0 Å². The van der Waals surface area contributed by atoms with Crippen LogP contribution in [0.2, 0.25) is 0 Å². The van der Waals surface area contributed by atoms with Gasteiger partial charge < -0.3 is 15.2 Å². The highest BCUT2D eigenvalue weighted by atomic mass is 127. The van der Waals surface area contributed by atoms with Crippen molar-refractivity contribution in [1.29, 1.82) is 0 Å². The van der Waals surface area contributed by atoms with Crippen molar-refractivity contribution < 1.29 is 19.4 Å². The minimum atomic E-state index is -1.05. The van der Waals surface area contributed by atoms with Gasteiger partial charge in [0.05, 0.1) is 29.4 Å². The predicted octanol–water partition coefficient (Wildman–Crippen LogP) is 2.99. The molecule has 0 bridgehead atoms. The van der Waals surface area contributed by atoms with Gasteiger partial charge in [-0.25, -0.2) is 4.79 Å². The van der Waals surface area contributed by atoms with E-state index >= 15 is 0 Å². The Kier molecular flexibility index (Phi) is 4.88. The van der Waals surface area contributed by atoms with Crippen LogP contribution >= 0.6 is 22.6 Å². The second-order valence-electron chi connectivity index (χ2n) is 5.42. The van der Waals surface area contributed by atoms with E-state index in [9.17, 15) is 14.7 Å². The number of amides is 1. The number of carbonyl (C=O) groups is 2. The van der Waals surface area contributed by atoms with E-state index in [0.29, 0.717) is 5.69 Å². The Balaban J connectivity index is 2.22. The van der Waals surface area contributed by atoms with E-state index in [1.54, 1.807) is 18.2 Å². The quantitative estimate of drug-likeness (QED) is 0.762. The van der Waals surface area contributed by atoms with Crippen LogP contribution in [-0.4, -0.2) is 29.2 Å². The van der Waals surface area contributed by atoms with E-state index < -0.39 is 5.97 Å². The maximum absolute atomic E-state index is 12.5. The molecule has 4 atom stereocenters. The van der Waals surface area contributed by atoms with Crippen molar-refractivity contribution in [3.05, 3.63) is 27.3 Å². The van der Waals surface area contributed by atoms with Crippen molar-refractivity contribution >= 4 is 40.2 Å². The Bertz CT molecular complexity index is 575. The van der Waals surface area contributed by atoms with Crippen LogP contribution in [0.4, 0.5) is 5.69 Å². The number of halogens is 1. The Hall–Kier alpha value is -1.15. The molecule has 1 fully saturated rings. The first-order valence-corrected chi connectivity index (χ1v) is 7.88. The Morgan fingerprint density at radius 1 is 1.24 bits per heavy atom. The molecule has 1 aromatic rings. The van der Waals surface area contributed by atoms with Gasteiger partial charge in [0.2, 0.25) is 5.91 Å². The highest BCUT2D eigenvalue weighted by Gasteiger charge is 2.41. The Labute approximate surface area is 137 Å². The largest absolute Gasteiger partial charge is 0.478 e. The van der Waals surface area contributed by atoms with Gasteiger partial charge in [-0.05, 0) is 60.6 Å². The summed E-state index contributed by atoms with van der Waals surface area (Å²) in [5, 5.41) is 12.0. The van der Waals surface area contributed by atoms with Crippen LogP contribution in [0.15, 0.2) is 18.2 Å². The third kappa shape index (κ3) is 3.37. The molecular weight excluding hydrogens is 385 g/mol. The standard InChI is InChI=1S/C15H18INO4/c1-7-8(2)21-9(3)13(7)14(18)17-12-5-4-10(16)6-11(12)15(19)20/h4-9,13H,1-3H3,(H,17,18)(H,19,20). The smallest absolute Gasteiger partial charge is 0.337 e. The van der Waals surface area contributed by atoms with Gasteiger partial charge in [0.25, 0.3) is 0 Å². The number of carboxylic acid groups (broad SMARTS) is 1. The molecule has 21 heavy (non-hydrogen) atoms. The molecule has 0 saturated carbocycles. The number of carboxylic acids is 1. The van der Waals surface area contributed by atoms with E-state index in [2.05, 4.69) is 5.32 Å². The lowest BCUT2D eigenvalue weighted by atomic mass is 9.88. The van der Waals surface area contributed by atoms with Crippen molar-refractivity contribution in [2.24, 2.45) is 11.8 Å². The molecule has 1 aliphatic rings. The maximum Gasteiger partial charge on any atom is 0.337 e. The minimum Gasteiger partial charge on any atom is -0.478 e. The van der Waals surface area contributed by atoms with Gasteiger partial charge in [-0.1, -0.05) is 6.92 Å². The molecule has 1 amide bonds. The van der Waals surface area contributed by atoms with Crippen LogP contribution in [0.5, 0.6) is 0 Å². The third-order valence-electron chi connectivity index (χ3n) is 4.01. The fraction of sp³-hybridized carbons (Fsp3) is 0.467.